The lowest BCUT2D eigenvalue weighted by atomic mass is 10.2. The van der Waals surface area contributed by atoms with Crippen molar-refractivity contribution in [3.63, 3.8) is 0 Å². The first-order valence-electron chi connectivity index (χ1n) is 6.95. The minimum atomic E-state index is -3.31. The van der Waals surface area contributed by atoms with Crippen molar-refractivity contribution in [2.75, 3.05) is 18.8 Å². The highest BCUT2D eigenvalue weighted by Crippen LogP contribution is 2.36. The second-order valence-electron chi connectivity index (χ2n) is 5.51. The zero-order chi connectivity index (χ0) is 15.5. The maximum atomic E-state index is 12.2. The molecule has 1 fully saturated rings. The Kier molecular flexibility index (Phi) is 4.84. The van der Waals surface area contributed by atoms with Crippen LogP contribution in [0.1, 0.15) is 18.9 Å². The van der Waals surface area contributed by atoms with E-state index in [2.05, 4.69) is 17.4 Å². The number of hydrogen-bond donors (Lipinski definition) is 3. The van der Waals surface area contributed by atoms with Crippen LogP contribution in [-0.2, 0) is 9.84 Å². The third kappa shape index (κ3) is 4.18. The fourth-order valence-electron chi connectivity index (χ4n) is 2.19. The highest BCUT2D eigenvalue weighted by atomic mass is 32.2. The Morgan fingerprint density at radius 3 is 2.57 bits per heavy atom. The molecule has 2 atom stereocenters. The second kappa shape index (κ2) is 6.44. The summed E-state index contributed by atoms with van der Waals surface area (Å²) in [5, 5.41) is 14.6. The molecule has 0 heterocycles. The Bertz CT molecular complexity index is 611. The monoisotopic (exact) mass is 311 g/mol. The molecule has 0 aromatic heterocycles. The molecular weight excluding hydrogens is 290 g/mol. The highest BCUT2D eigenvalue weighted by Gasteiger charge is 2.31. The summed E-state index contributed by atoms with van der Waals surface area (Å²) in [6.45, 7) is 3.54. The lowest BCUT2D eigenvalue weighted by Crippen LogP contribution is -2.25. The number of amidine groups is 1. The van der Waals surface area contributed by atoms with Crippen molar-refractivity contribution in [2.45, 2.75) is 18.2 Å². The molecular formula is C14H21N3O3S. The van der Waals surface area contributed by atoms with Crippen LogP contribution in [0.15, 0.2) is 34.3 Å². The van der Waals surface area contributed by atoms with Crippen LogP contribution in [0.3, 0.4) is 0 Å². The predicted octanol–water partition coefficient (Wildman–Crippen LogP) is 0.800. The van der Waals surface area contributed by atoms with Gasteiger partial charge >= 0.3 is 0 Å². The molecule has 1 aliphatic rings. The van der Waals surface area contributed by atoms with Crippen LogP contribution in [0.4, 0.5) is 0 Å². The predicted molar refractivity (Wildman–Crippen MR) is 81.1 cm³/mol. The van der Waals surface area contributed by atoms with Gasteiger partial charge in [0, 0.05) is 12.1 Å². The Morgan fingerprint density at radius 2 is 2.05 bits per heavy atom. The molecule has 0 radical (unpaired) electrons. The quantitative estimate of drug-likeness (QED) is 0.227. The summed E-state index contributed by atoms with van der Waals surface area (Å²) in [5.74, 6) is 1.49. The fraction of sp³-hybridized carbons (Fsp3) is 0.500. The third-order valence-electron chi connectivity index (χ3n) is 3.85. The van der Waals surface area contributed by atoms with Crippen molar-refractivity contribution < 1.29 is 13.6 Å². The summed E-state index contributed by atoms with van der Waals surface area (Å²) < 4.78 is 24.3. The van der Waals surface area contributed by atoms with Crippen molar-refractivity contribution in [3.8, 4) is 0 Å². The summed E-state index contributed by atoms with van der Waals surface area (Å²) >= 11 is 0. The molecule has 4 N–H and O–H groups in total. The van der Waals surface area contributed by atoms with Crippen molar-refractivity contribution in [3.05, 3.63) is 29.8 Å². The minimum Gasteiger partial charge on any atom is -0.409 e. The maximum Gasteiger partial charge on any atom is 0.179 e. The van der Waals surface area contributed by atoms with Crippen LogP contribution in [-0.4, -0.2) is 38.3 Å². The molecule has 0 aliphatic heterocycles. The molecule has 21 heavy (non-hydrogen) atoms. The van der Waals surface area contributed by atoms with Gasteiger partial charge < -0.3 is 16.3 Å². The minimum absolute atomic E-state index is 0.0424. The molecule has 0 saturated heterocycles. The lowest BCUT2D eigenvalue weighted by Gasteiger charge is -2.07. The zero-order valence-corrected chi connectivity index (χ0v) is 12.8. The normalized spacial score (nSPS) is 22.2. The summed E-state index contributed by atoms with van der Waals surface area (Å²) in [5.41, 5.74) is 5.92. The molecule has 1 aromatic rings. The summed E-state index contributed by atoms with van der Waals surface area (Å²) in [7, 11) is -3.31. The van der Waals surface area contributed by atoms with Crippen LogP contribution in [0.25, 0.3) is 0 Å². The molecule has 1 saturated carbocycles. The number of benzene rings is 1. The van der Waals surface area contributed by atoms with E-state index in [4.69, 9.17) is 10.9 Å². The molecule has 116 valence electrons. The fourth-order valence-corrected chi connectivity index (χ4v) is 3.39. The van der Waals surface area contributed by atoms with Crippen LogP contribution < -0.4 is 11.1 Å². The highest BCUT2D eigenvalue weighted by molar-refractivity contribution is 7.91. The first kappa shape index (κ1) is 15.8. The SMILES string of the molecule is CC1CC1CNCCS(=O)(=O)c1ccc(/C(N)=N/O)cc1. The van der Waals surface area contributed by atoms with Gasteiger partial charge in [-0.15, -0.1) is 0 Å². The van der Waals surface area contributed by atoms with Gasteiger partial charge in [-0.1, -0.05) is 12.1 Å². The molecule has 0 amide bonds. The molecule has 1 aliphatic carbocycles. The molecule has 6 nitrogen and oxygen atoms in total. The average molecular weight is 311 g/mol. The van der Waals surface area contributed by atoms with Gasteiger partial charge in [0.2, 0.25) is 0 Å². The van der Waals surface area contributed by atoms with Gasteiger partial charge in [-0.25, -0.2) is 8.42 Å². The molecule has 2 rings (SSSR count). The van der Waals surface area contributed by atoms with Crippen molar-refractivity contribution >= 4 is 15.7 Å². The van der Waals surface area contributed by atoms with Crippen molar-refractivity contribution in [1.29, 1.82) is 0 Å². The largest absolute Gasteiger partial charge is 0.409 e. The molecule has 2 unspecified atom stereocenters. The Morgan fingerprint density at radius 1 is 1.43 bits per heavy atom. The first-order chi connectivity index (χ1) is 9.94. The molecule has 0 spiro atoms. The van der Waals surface area contributed by atoms with Crippen molar-refractivity contribution in [2.24, 2.45) is 22.7 Å². The zero-order valence-electron chi connectivity index (χ0n) is 12.0. The molecule has 7 heteroatoms. The smallest absolute Gasteiger partial charge is 0.179 e. The van der Waals surface area contributed by atoms with Gasteiger partial charge in [0.1, 0.15) is 0 Å². The van der Waals surface area contributed by atoms with Crippen molar-refractivity contribution in [1.82, 2.24) is 5.32 Å². The van der Waals surface area contributed by atoms with E-state index in [1.165, 1.54) is 30.7 Å². The van der Waals surface area contributed by atoms with E-state index in [1.807, 2.05) is 0 Å². The summed E-state index contributed by atoms with van der Waals surface area (Å²) in [6.07, 6.45) is 1.23. The lowest BCUT2D eigenvalue weighted by molar-refractivity contribution is 0.318. The van der Waals surface area contributed by atoms with E-state index >= 15 is 0 Å². The number of rotatable bonds is 7. The van der Waals surface area contributed by atoms with Crippen LogP contribution in [0, 0.1) is 11.8 Å². The molecule has 1 aromatic carbocycles. The number of oxime groups is 1. The standard InChI is InChI=1S/C14H21N3O3S/c1-10-8-12(10)9-16-6-7-21(19,20)13-4-2-11(3-5-13)14(15)17-18/h2-5,10,12,16,18H,6-9H2,1H3,(H2,15,17). The Hall–Kier alpha value is -1.60. The summed E-state index contributed by atoms with van der Waals surface area (Å²) in [6, 6.07) is 6.01. The van der Waals surface area contributed by atoms with Gasteiger partial charge in [-0.3, -0.25) is 0 Å². The number of nitrogens with zero attached hydrogens (tertiary/aromatic N) is 1. The topological polar surface area (TPSA) is 105 Å². The molecule has 0 bridgehead atoms. The first-order valence-corrected chi connectivity index (χ1v) is 8.60. The van der Waals surface area contributed by atoms with E-state index in [-0.39, 0.29) is 16.5 Å². The number of nitrogens with one attached hydrogen (secondary N) is 1. The van der Waals surface area contributed by atoms with E-state index in [0.717, 1.165) is 12.5 Å². The Labute approximate surface area is 125 Å². The van der Waals surface area contributed by atoms with E-state index in [1.54, 1.807) is 0 Å². The van der Waals surface area contributed by atoms with E-state index in [0.29, 0.717) is 18.0 Å². The van der Waals surface area contributed by atoms with Crippen LogP contribution in [0.2, 0.25) is 0 Å². The van der Waals surface area contributed by atoms with Gasteiger partial charge in [0.15, 0.2) is 15.7 Å². The van der Waals surface area contributed by atoms with Crippen LogP contribution in [0.5, 0.6) is 0 Å². The van der Waals surface area contributed by atoms with Crippen LogP contribution >= 0.6 is 0 Å². The van der Waals surface area contributed by atoms with Gasteiger partial charge in [-0.05, 0) is 49.1 Å². The maximum absolute atomic E-state index is 12.2. The number of nitrogens with two attached hydrogens (primary N) is 1. The average Bonchev–Trinajstić information content (AvgIpc) is 3.18. The van der Waals surface area contributed by atoms with Gasteiger partial charge in [0.05, 0.1) is 10.6 Å². The van der Waals surface area contributed by atoms with Gasteiger partial charge in [0.25, 0.3) is 0 Å². The number of sulfone groups is 1. The third-order valence-corrected chi connectivity index (χ3v) is 5.58. The van der Waals surface area contributed by atoms with E-state index in [9.17, 15) is 8.42 Å². The summed E-state index contributed by atoms with van der Waals surface area (Å²) in [4.78, 5) is 0.249. The Balaban J connectivity index is 1.89. The van der Waals surface area contributed by atoms with Gasteiger partial charge in [-0.2, -0.15) is 0 Å². The van der Waals surface area contributed by atoms with E-state index < -0.39 is 9.84 Å². The second-order valence-corrected chi connectivity index (χ2v) is 7.61. The number of hydrogen-bond acceptors (Lipinski definition) is 5.